The molecule has 0 unspecified atom stereocenters. The summed E-state index contributed by atoms with van der Waals surface area (Å²) in [7, 11) is 0. The molecule has 1 fully saturated rings. The standard InChI is InChI=1S/C31H34ClN3O3/c1-4-31(2,3)24-11-12-28-27(18-24)35(29(36)21-38-28)20-22-7-5-8-23(17-22)30(37)34-15-13-33(14-16-34)26-10-6-9-25(32)19-26/h5-12,17-19H,4,13-16,20-21H2,1-3H3. The molecule has 0 spiro atoms. The van der Waals surface area contributed by atoms with Gasteiger partial charge in [-0.1, -0.05) is 56.6 Å². The van der Waals surface area contributed by atoms with Gasteiger partial charge in [0.25, 0.3) is 11.8 Å². The van der Waals surface area contributed by atoms with E-state index in [9.17, 15) is 9.59 Å². The normalized spacial score (nSPS) is 15.8. The fourth-order valence-corrected chi connectivity index (χ4v) is 5.19. The van der Waals surface area contributed by atoms with Gasteiger partial charge in [-0.15, -0.1) is 0 Å². The number of rotatable bonds is 6. The largest absolute Gasteiger partial charge is 0.482 e. The van der Waals surface area contributed by atoms with Crippen molar-refractivity contribution < 1.29 is 14.3 Å². The van der Waals surface area contributed by atoms with E-state index in [4.69, 9.17) is 16.3 Å². The number of carbonyl (C=O) groups excluding carboxylic acids is 2. The van der Waals surface area contributed by atoms with Crippen LogP contribution in [-0.2, 0) is 16.8 Å². The minimum Gasteiger partial charge on any atom is -0.482 e. The number of benzene rings is 3. The number of hydrogen-bond donors (Lipinski definition) is 0. The molecule has 38 heavy (non-hydrogen) atoms. The van der Waals surface area contributed by atoms with Gasteiger partial charge in [0.15, 0.2) is 6.61 Å². The number of amides is 2. The molecule has 6 nitrogen and oxygen atoms in total. The van der Waals surface area contributed by atoms with Gasteiger partial charge in [-0.2, -0.15) is 0 Å². The summed E-state index contributed by atoms with van der Waals surface area (Å²) in [5, 5.41) is 0.712. The molecule has 0 atom stereocenters. The highest BCUT2D eigenvalue weighted by Gasteiger charge is 2.29. The van der Waals surface area contributed by atoms with Gasteiger partial charge in [-0.25, -0.2) is 0 Å². The minimum atomic E-state index is -0.0854. The van der Waals surface area contributed by atoms with Gasteiger partial charge < -0.3 is 19.4 Å². The molecular formula is C31H34ClN3O3. The van der Waals surface area contributed by atoms with Crippen molar-refractivity contribution in [3.05, 3.63) is 88.4 Å². The van der Waals surface area contributed by atoms with Crippen LogP contribution in [0.1, 0.15) is 48.7 Å². The average molecular weight is 532 g/mol. The maximum atomic E-state index is 13.4. The smallest absolute Gasteiger partial charge is 0.265 e. The lowest BCUT2D eigenvalue weighted by molar-refractivity contribution is -0.121. The summed E-state index contributed by atoms with van der Waals surface area (Å²) in [4.78, 5) is 32.2. The molecule has 3 aromatic carbocycles. The van der Waals surface area contributed by atoms with E-state index < -0.39 is 0 Å². The Hall–Kier alpha value is -3.51. The van der Waals surface area contributed by atoms with E-state index in [1.54, 1.807) is 4.90 Å². The first-order valence-corrected chi connectivity index (χ1v) is 13.6. The van der Waals surface area contributed by atoms with Crippen molar-refractivity contribution in [2.45, 2.75) is 39.2 Å². The molecule has 7 heteroatoms. The Bertz CT molecular complexity index is 1350. The first kappa shape index (κ1) is 26.1. The van der Waals surface area contributed by atoms with Gasteiger partial charge in [0.1, 0.15) is 5.75 Å². The van der Waals surface area contributed by atoms with Crippen LogP contribution in [-0.4, -0.2) is 49.5 Å². The molecule has 1 saturated heterocycles. The third-order valence-corrected chi connectivity index (χ3v) is 8.06. The second-order valence-electron chi connectivity index (χ2n) is 10.6. The number of halogens is 1. The van der Waals surface area contributed by atoms with Crippen molar-refractivity contribution in [3.63, 3.8) is 0 Å². The maximum Gasteiger partial charge on any atom is 0.265 e. The van der Waals surface area contributed by atoms with Crippen molar-refractivity contribution in [2.75, 3.05) is 42.6 Å². The quantitative estimate of drug-likeness (QED) is 0.396. The molecule has 0 saturated carbocycles. The predicted octanol–water partition coefficient (Wildman–Crippen LogP) is 5.92. The van der Waals surface area contributed by atoms with Crippen LogP contribution in [0.25, 0.3) is 0 Å². The third kappa shape index (κ3) is 5.37. The molecule has 0 N–H and O–H groups in total. The van der Waals surface area contributed by atoms with Crippen molar-refractivity contribution >= 4 is 34.8 Å². The lowest BCUT2D eigenvalue weighted by atomic mass is 9.82. The summed E-state index contributed by atoms with van der Waals surface area (Å²) in [6.45, 7) is 9.75. The van der Waals surface area contributed by atoms with E-state index in [1.807, 2.05) is 59.5 Å². The predicted molar refractivity (Wildman–Crippen MR) is 152 cm³/mol. The fourth-order valence-electron chi connectivity index (χ4n) is 5.01. The van der Waals surface area contributed by atoms with Crippen molar-refractivity contribution in [2.24, 2.45) is 0 Å². The number of anilines is 2. The molecule has 0 bridgehead atoms. The Balaban J connectivity index is 1.31. The van der Waals surface area contributed by atoms with Gasteiger partial charge in [0, 0.05) is 42.5 Å². The van der Waals surface area contributed by atoms with Gasteiger partial charge in [0.2, 0.25) is 0 Å². The molecule has 0 aliphatic carbocycles. The van der Waals surface area contributed by atoms with Crippen LogP contribution in [0.3, 0.4) is 0 Å². The number of fused-ring (bicyclic) bond motifs is 1. The number of piperazine rings is 1. The summed E-state index contributed by atoms with van der Waals surface area (Å²) in [5.41, 5.74) is 4.57. The number of ether oxygens (including phenoxy) is 1. The first-order valence-electron chi connectivity index (χ1n) is 13.2. The van der Waals surface area contributed by atoms with E-state index in [2.05, 4.69) is 37.8 Å². The van der Waals surface area contributed by atoms with Crippen molar-refractivity contribution in [3.8, 4) is 5.75 Å². The molecule has 5 rings (SSSR count). The summed E-state index contributed by atoms with van der Waals surface area (Å²) in [6.07, 6.45) is 0.984. The van der Waals surface area contributed by atoms with E-state index in [0.717, 1.165) is 36.4 Å². The van der Waals surface area contributed by atoms with Crippen molar-refractivity contribution in [1.29, 1.82) is 0 Å². The van der Waals surface area contributed by atoms with E-state index in [-0.39, 0.29) is 23.8 Å². The van der Waals surface area contributed by atoms with Crippen LogP contribution >= 0.6 is 11.6 Å². The molecule has 2 heterocycles. The lowest BCUT2D eigenvalue weighted by Crippen LogP contribution is -2.48. The Labute approximate surface area is 229 Å². The van der Waals surface area contributed by atoms with E-state index >= 15 is 0 Å². The highest BCUT2D eigenvalue weighted by atomic mass is 35.5. The Morgan fingerprint density at radius 3 is 2.47 bits per heavy atom. The van der Waals surface area contributed by atoms with Crippen molar-refractivity contribution in [1.82, 2.24) is 4.90 Å². The molecule has 0 aromatic heterocycles. The zero-order valence-electron chi connectivity index (χ0n) is 22.2. The fraction of sp³-hybridized carbons (Fsp3) is 0.355. The summed E-state index contributed by atoms with van der Waals surface area (Å²) >= 11 is 6.16. The number of hydrogen-bond acceptors (Lipinski definition) is 4. The second-order valence-corrected chi connectivity index (χ2v) is 11.1. The van der Waals surface area contributed by atoms with Crippen LogP contribution in [0.5, 0.6) is 5.75 Å². The second kappa shape index (κ2) is 10.7. The Morgan fingerprint density at radius 1 is 0.974 bits per heavy atom. The van der Waals surface area contributed by atoms with Gasteiger partial charge in [-0.3, -0.25) is 9.59 Å². The monoisotopic (exact) mass is 531 g/mol. The molecule has 2 aliphatic heterocycles. The molecule has 2 amide bonds. The Kier molecular flexibility index (Phi) is 7.35. The van der Waals surface area contributed by atoms with Gasteiger partial charge in [-0.05, 0) is 65.4 Å². The highest BCUT2D eigenvalue weighted by molar-refractivity contribution is 6.30. The van der Waals surface area contributed by atoms with Crippen LogP contribution in [0.2, 0.25) is 5.02 Å². The zero-order valence-corrected chi connectivity index (χ0v) is 23.0. The zero-order chi connectivity index (χ0) is 26.9. The van der Waals surface area contributed by atoms with Crippen LogP contribution in [0, 0.1) is 0 Å². The number of carbonyl (C=O) groups is 2. The topological polar surface area (TPSA) is 53.1 Å². The lowest BCUT2D eigenvalue weighted by Gasteiger charge is -2.36. The highest BCUT2D eigenvalue weighted by Crippen LogP contribution is 2.38. The SMILES string of the molecule is CCC(C)(C)c1ccc2c(c1)N(Cc1cccc(C(=O)N3CCN(c4cccc(Cl)c4)CC3)c1)C(=O)CO2. The summed E-state index contributed by atoms with van der Waals surface area (Å²) in [6, 6.07) is 21.6. The van der Waals surface area contributed by atoms with Crippen LogP contribution < -0.4 is 14.5 Å². The number of nitrogens with zero attached hydrogens (tertiary/aromatic N) is 3. The van der Waals surface area contributed by atoms with Crippen LogP contribution in [0.15, 0.2) is 66.7 Å². The van der Waals surface area contributed by atoms with E-state index in [0.29, 0.717) is 36.0 Å². The van der Waals surface area contributed by atoms with Crippen LogP contribution in [0.4, 0.5) is 11.4 Å². The van der Waals surface area contributed by atoms with E-state index in [1.165, 1.54) is 5.56 Å². The molecule has 3 aromatic rings. The Morgan fingerprint density at radius 2 is 1.74 bits per heavy atom. The maximum absolute atomic E-state index is 13.4. The minimum absolute atomic E-state index is 0.00960. The summed E-state index contributed by atoms with van der Waals surface area (Å²) in [5.74, 6) is 0.640. The third-order valence-electron chi connectivity index (χ3n) is 7.82. The van der Waals surface area contributed by atoms with Gasteiger partial charge >= 0.3 is 0 Å². The first-order chi connectivity index (χ1) is 18.2. The summed E-state index contributed by atoms with van der Waals surface area (Å²) < 4.78 is 5.73. The molecular weight excluding hydrogens is 498 g/mol. The average Bonchev–Trinajstić information content (AvgIpc) is 2.94. The molecule has 198 valence electrons. The molecule has 2 aliphatic rings. The van der Waals surface area contributed by atoms with Gasteiger partial charge in [0.05, 0.1) is 12.2 Å². The molecule has 0 radical (unpaired) electrons.